The van der Waals surface area contributed by atoms with Gasteiger partial charge < -0.3 is 19.3 Å². The van der Waals surface area contributed by atoms with Crippen molar-refractivity contribution in [2.75, 3.05) is 33.2 Å². The van der Waals surface area contributed by atoms with E-state index >= 15 is 0 Å². The molecule has 3 aromatic rings. The van der Waals surface area contributed by atoms with Crippen molar-refractivity contribution in [1.29, 1.82) is 0 Å². The third-order valence-electron chi connectivity index (χ3n) is 4.75. The van der Waals surface area contributed by atoms with Crippen LogP contribution in [0.5, 0.6) is 17.4 Å². The Morgan fingerprint density at radius 3 is 2.55 bits per heavy atom. The van der Waals surface area contributed by atoms with E-state index in [2.05, 4.69) is 10.2 Å². The number of methoxy groups -OCH3 is 2. The second kappa shape index (κ2) is 8.76. The van der Waals surface area contributed by atoms with Crippen molar-refractivity contribution in [2.45, 2.75) is 32.7 Å². The monoisotopic (exact) mass is 430 g/mol. The van der Waals surface area contributed by atoms with Gasteiger partial charge in [0.15, 0.2) is 18.1 Å². The minimum absolute atomic E-state index is 0.103. The predicted molar refractivity (Wildman–Crippen MR) is 113 cm³/mol. The van der Waals surface area contributed by atoms with Crippen molar-refractivity contribution in [1.82, 2.24) is 14.7 Å². The highest BCUT2D eigenvalue weighted by atomic mass is 16.5. The maximum Gasteiger partial charge on any atom is 0.401 e. The van der Waals surface area contributed by atoms with E-state index < -0.39 is 0 Å². The van der Waals surface area contributed by atoms with Crippen molar-refractivity contribution in [3.63, 3.8) is 0 Å². The fraction of sp³-hybridized carbons (Fsp3) is 0.429. The molecular weight excluding hydrogens is 402 g/mol. The highest BCUT2D eigenvalue weighted by Crippen LogP contribution is 2.28. The second-order valence-electron chi connectivity index (χ2n) is 8.00. The summed E-state index contributed by atoms with van der Waals surface area (Å²) in [5.74, 6) is 1.19. The quantitative estimate of drug-likeness (QED) is 0.403. The van der Waals surface area contributed by atoms with Crippen LogP contribution in [0.15, 0.2) is 24.3 Å². The first-order valence-electron chi connectivity index (χ1n) is 9.77. The van der Waals surface area contributed by atoms with E-state index in [1.807, 2.05) is 32.9 Å². The fourth-order valence-corrected chi connectivity index (χ4v) is 3.02. The van der Waals surface area contributed by atoms with Gasteiger partial charge in [-0.25, -0.2) is 0 Å². The summed E-state index contributed by atoms with van der Waals surface area (Å²) < 4.78 is 18.8. The Balaban J connectivity index is 1.99. The number of Topliss-reactive ketones (excluding diaryl/α,β-unsaturated/α-hetero) is 1. The smallest absolute Gasteiger partial charge is 0.401 e. The van der Waals surface area contributed by atoms with Gasteiger partial charge in [-0.3, -0.25) is 10.5 Å². The molecule has 10 heteroatoms. The first-order valence-corrected chi connectivity index (χ1v) is 9.77. The number of carbonyl (C=O) groups is 1. The number of nitrogens with zero attached hydrogens (tertiary/aromatic N) is 4. The van der Waals surface area contributed by atoms with Crippen molar-refractivity contribution in [3.8, 4) is 17.4 Å². The van der Waals surface area contributed by atoms with Gasteiger partial charge in [-0.2, -0.15) is 0 Å². The molecule has 0 saturated heterocycles. The van der Waals surface area contributed by atoms with Crippen LogP contribution in [0.1, 0.15) is 36.7 Å². The number of anilines is 1. The van der Waals surface area contributed by atoms with E-state index in [0.717, 1.165) is 5.56 Å². The molecule has 3 N–H and O–H groups in total. The van der Waals surface area contributed by atoms with Gasteiger partial charge in [0, 0.05) is 5.56 Å². The highest BCUT2D eigenvalue weighted by Gasteiger charge is 2.25. The number of aliphatic hydroxyl groups excluding tert-OH is 1. The van der Waals surface area contributed by atoms with Gasteiger partial charge in [0.05, 0.1) is 26.9 Å². The molecule has 0 saturated carbocycles. The average molecular weight is 430 g/mol. The molecular formula is C21H28N5O5+. The van der Waals surface area contributed by atoms with Crippen LogP contribution in [0.3, 0.4) is 0 Å². The van der Waals surface area contributed by atoms with Crippen LogP contribution < -0.4 is 24.6 Å². The van der Waals surface area contributed by atoms with Crippen LogP contribution in [0.25, 0.3) is 5.65 Å². The van der Waals surface area contributed by atoms with Crippen LogP contribution in [0.4, 0.5) is 5.95 Å². The van der Waals surface area contributed by atoms with Crippen molar-refractivity contribution in [2.24, 2.45) is 0 Å². The van der Waals surface area contributed by atoms with Crippen molar-refractivity contribution in [3.05, 3.63) is 35.4 Å². The first-order chi connectivity index (χ1) is 14.7. The van der Waals surface area contributed by atoms with Gasteiger partial charge in [-0.15, -0.1) is 4.68 Å². The zero-order valence-electron chi connectivity index (χ0n) is 18.4. The lowest BCUT2D eigenvalue weighted by molar-refractivity contribution is -0.723. The number of aromatic nitrogens is 4. The Morgan fingerprint density at radius 1 is 1.19 bits per heavy atom. The third kappa shape index (κ3) is 4.69. The number of hydrogen-bond acceptors (Lipinski definition) is 8. The molecule has 1 aromatic carbocycles. The van der Waals surface area contributed by atoms with E-state index in [0.29, 0.717) is 28.6 Å². The van der Waals surface area contributed by atoms with Crippen LogP contribution in [-0.2, 0) is 12.0 Å². The van der Waals surface area contributed by atoms with Crippen LogP contribution in [0.2, 0.25) is 0 Å². The summed E-state index contributed by atoms with van der Waals surface area (Å²) in [5.41, 5.74) is 7.76. The number of rotatable bonds is 8. The lowest BCUT2D eigenvalue weighted by Crippen LogP contribution is -2.42. The zero-order chi connectivity index (χ0) is 22.8. The van der Waals surface area contributed by atoms with E-state index in [4.69, 9.17) is 25.1 Å². The molecule has 0 atom stereocenters. The van der Waals surface area contributed by atoms with Crippen molar-refractivity contribution < 1.29 is 28.8 Å². The standard InChI is InChI=1S/C21H27N5O5/c1-21(2,3)14-8-13(9-15(10-14)31-7-6-27)16(28)12-25-20(22)26-19(24-25)17(29-4)11-18(23-26)30-5/h8-11,22,27H,6-7,12H2,1-5H3/p+1. The first kappa shape index (κ1) is 22.3. The summed E-state index contributed by atoms with van der Waals surface area (Å²) in [7, 11) is 2.98. The topological polar surface area (TPSA) is 125 Å². The maximum absolute atomic E-state index is 13.1. The summed E-state index contributed by atoms with van der Waals surface area (Å²) in [6, 6.07) is 6.95. The number of aliphatic hydroxyl groups is 1. The lowest BCUT2D eigenvalue weighted by Gasteiger charge is -2.21. The summed E-state index contributed by atoms with van der Waals surface area (Å²) in [4.78, 5) is 13.1. The zero-order valence-corrected chi connectivity index (χ0v) is 18.4. The molecule has 0 radical (unpaired) electrons. The number of carbonyl (C=O) groups excluding carboxylic acids is 1. The molecule has 0 bridgehead atoms. The molecule has 0 aliphatic heterocycles. The van der Waals surface area contributed by atoms with Crippen LogP contribution in [0, 0.1) is 0 Å². The number of hydrogen-bond donors (Lipinski definition) is 2. The molecule has 0 spiro atoms. The molecule has 2 heterocycles. The molecule has 0 aliphatic rings. The number of ketones is 1. The van der Waals surface area contributed by atoms with Crippen LogP contribution in [-0.4, -0.2) is 53.0 Å². The molecule has 0 aliphatic carbocycles. The van der Waals surface area contributed by atoms with Gasteiger partial charge in [-0.05, 0) is 29.2 Å². The lowest BCUT2D eigenvalue weighted by atomic mass is 9.85. The molecule has 0 unspecified atom stereocenters. The van der Waals surface area contributed by atoms with Gasteiger partial charge in [0.1, 0.15) is 12.4 Å². The third-order valence-corrected chi connectivity index (χ3v) is 4.75. The SMILES string of the molecule is COc1cc(OC)c2n[n+](CC(=O)c3cc(OCCO)cc(C(C)(C)C)c3)c(N)n2n1. The Hall–Kier alpha value is -3.40. The van der Waals surface area contributed by atoms with Gasteiger partial charge in [0.25, 0.3) is 11.5 Å². The van der Waals surface area contributed by atoms with E-state index in [-0.39, 0.29) is 36.9 Å². The summed E-state index contributed by atoms with van der Waals surface area (Å²) in [5, 5.41) is 17.7. The molecule has 10 nitrogen and oxygen atoms in total. The Kier molecular flexibility index (Phi) is 6.30. The average Bonchev–Trinajstić information content (AvgIpc) is 3.06. The Labute approximate surface area is 180 Å². The summed E-state index contributed by atoms with van der Waals surface area (Å²) >= 11 is 0. The van der Waals surface area contributed by atoms with Crippen molar-refractivity contribution >= 4 is 17.4 Å². The number of fused-ring (bicyclic) bond motifs is 1. The largest absolute Gasteiger partial charge is 0.491 e. The molecule has 0 amide bonds. The minimum Gasteiger partial charge on any atom is -0.491 e. The number of nitrogen functional groups attached to an aromatic ring is 1. The summed E-state index contributed by atoms with van der Waals surface area (Å²) in [6.45, 7) is 6.07. The highest BCUT2D eigenvalue weighted by molar-refractivity contribution is 5.95. The fourth-order valence-electron chi connectivity index (χ4n) is 3.02. The Bertz CT molecular complexity index is 1100. The van der Waals surface area contributed by atoms with Crippen LogP contribution >= 0.6 is 0 Å². The molecule has 31 heavy (non-hydrogen) atoms. The Morgan fingerprint density at radius 2 is 1.94 bits per heavy atom. The number of benzene rings is 1. The van der Waals surface area contributed by atoms with E-state index in [1.54, 1.807) is 12.1 Å². The normalized spacial score (nSPS) is 11.5. The maximum atomic E-state index is 13.1. The summed E-state index contributed by atoms with van der Waals surface area (Å²) in [6.07, 6.45) is 0. The molecule has 166 valence electrons. The molecule has 2 aromatic heterocycles. The predicted octanol–water partition coefficient (Wildman–Crippen LogP) is 1.17. The van der Waals surface area contributed by atoms with E-state index in [9.17, 15) is 4.79 Å². The number of nitrogens with two attached hydrogens (primary N) is 1. The number of ether oxygens (including phenoxy) is 3. The van der Waals surface area contributed by atoms with Gasteiger partial charge in [-0.1, -0.05) is 35.5 Å². The second-order valence-corrected chi connectivity index (χ2v) is 8.00. The van der Waals surface area contributed by atoms with E-state index in [1.165, 1.54) is 23.4 Å². The van der Waals surface area contributed by atoms with Gasteiger partial charge >= 0.3 is 5.95 Å². The molecule has 3 rings (SSSR count). The minimum atomic E-state index is -0.203. The molecule has 0 fully saturated rings. The van der Waals surface area contributed by atoms with Gasteiger partial charge in [0.2, 0.25) is 0 Å².